The number of ether oxygens (including phenoxy) is 1. The summed E-state index contributed by atoms with van der Waals surface area (Å²) >= 11 is 0. The molecule has 2 rings (SSSR count). The van der Waals surface area contributed by atoms with Gasteiger partial charge in [0.1, 0.15) is 17.3 Å². The molecule has 0 saturated heterocycles. The normalized spacial score (nSPS) is 18.4. The van der Waals surface area contributed by atoms with Crippen molar-refractivity contribution in [1.82, 2.24) is 0 Å². The van der Waals surface area contributed by atoms with E-state index in [1.807, 2.05) is 0 Å². The lowest BCUT2D eigenvalue weighted by molar-refractivity contribution is -0.137. The van der Waals surface area contributed by atoms with Crippen LogP contribution in [0.15, 0.2) is 18.2 Å². The molecule has 1 saturated carbocycles. The van der Waals surface area contributed by atoms with Crippen molar-refractivity contribution in [3.05, 3.63) is 29.3 Å². The van der Waals surface area contributed by atoms with E-state index in [0.29, 0.717) is 5.56 Å². The van der Waals surface area contributed by atoms with Gasteiger partial charge in [-0.25, -0.2) is 0 Å². The Balaban J connectivity index is 2.14. The molecule has 120 valence electrons. The summed E-state index contributed by atoms with van der Waals surface area (Å²) in [6.07, 6.45) is -4.54. The van der Waals surface area contributed by atoms with Crippen LogP contribution in [0.3, 0.4) is 0 Å². The van der Waals surface area contributed by atoms with Crippen molar-refractivity contribution in [2.24, 2.45) is 5.92 Å². The maximum atomic E-state index is 12.8. The van der Waals surface area contributed by atoms with Gasteiger partial charge in [-0.05, 0) is 37.6 Å². The van der Waals surface area contributed by atoms with Crippen molar-refractivity contribution in [1.29, 1.82) is 0 Å². The number of aryl methyl sites for hydroxylation is 1. The largest absolute Gasteiger partial charge is 0.490 e. The Hall–Kier alpha value is -1.85. The average molecular weight is 314 g/mol. The maximum Gasteiger partial charge on any atom is 0.416 e. The smallest absolute Gasteiger partial charge is 0.416 e. The van der Waals surface area contributed by atoms with Gasteiger partial charge < -0.3 is 4.74 Å². The third kappa shape index (κ3) is 4.08. The van der Waals surface area contributed by atoms with Crippen LogP contribution >= 0.6 is 0 Å². The Labute approximate surface area is 126 Å². The fraction of sp³-hybridized carbons (Fsp3) is 0.500. The predicted molar refractivity (Wildman–Crippen MR) is 73.6 cm³/mol. The number of alkyl halides is 3. The third-order valence-corrected chi connectivity index (χ3v) is 3.74. The highest BCUT2D eigenvalue weighted by Gasteiger charge is 2.33. The molecule has 0 N–H and O–H groups in total. The maximum absolute atomic E-state index is 12.8. The summed E-state index contributed by atoms with van der Waals surface area (Å²) in [5, 5.41) is 0. The second-order valence-electron chi connectivity index (χ2n) is 5.78. The van der Waals surface area contributed by atoms with E-state index < -0.39 is 17.8 Å². The second-order valence-corrected chi connectivity index (χ2v) is 5.78. The van der Waals surface area contributed by atoms with Gasteiger partial charge in [-0.15, -0.1) is 0 Å². The Kier molecular flexibility index (Phi) is 4.58. The third-order valence-electron chi connectivity index (χ3n) is 3.74. The number of Topliss-reactive ketones (excluding diaryl/α,β-unsaturated/α-hetero) is 2. The number of halogens is 3. The number of carbonyl (C=O) groups is 2. The fourth-order valence-electron chi connectivity index (χ4n) is 2.64. The molecule has 0 aliphatic heterocycles. The summed E-state index contributed by atoms with van der Waals surface area (Å²) in [5.41, 5.74) is -0.335. The first kappa shape index (κ1) is 16.5. The molecule has 0 radical (unpaired) electrons. The van der Waals surface area contributed by atoms with E-state index >= 15 is 0 Å². The molecule has 0 unspecified atom stereocenters. The van der Waals surface area contributed by atoms with Gasteiger partial charge in [0, 0.05) is 18.8 Å². The van der Waals surface area contributed by atoms with Crippen molar-refractivity contribution in [2.75, 3.05) is 0 Å². The lowest BCUT2D eigenvalue weighted by atomic mass is 9.84. The molecule has 0 spiro atoms. The Morgan fingerprint density at radius 1 is 1.14 bits per heavy atom. The van der Waals surface area contributed by atoms with E-state index in [2.05, 4.69) is 0 Å². The van der Waals surface area contributed by atoms with Crippen LogP contribution in [0.1, 0.15) is 37.3 Å². The number of rotatable bonds is 3. The minimum absolute atomic E-state index is 0.0497. The fourth-order valence-corrected chi connectivity index (χ4v) is 2.64. The summed E-state index contributed by atoms with van der Waals surface area (Å²) in [4.78, 5) is 22.9. The standard InChI is InChI=1S/C16H17F3O3/c1-9-3-12(16(17,18)19)7-15(4-9)22-10(2)11-5-13(20)8-14(21)6-11/h3-4,7,10-11H,5-6,8H2,1-2H3/t10-/m1/s1. The molecular weight excluding hydrogens is 297 g/mol. The number of carbonyl (C=O) groups excluding carboxylic acids is 2. The molecule has 1 aliphatic carbocycles. The molecule has 0 heterocycles. The quantitative estimate of drug-likeness (QED) is 0.799. The van der Waals surface area contributed by atoms with E-state index in [4.69, 9.17) is 4.74 Å². The van der Waals surface area contributed by atoms with E-state index in [1.165, 1.54) is 6.07 Å². The lowest BCUT2D eigenvalue weighted by Gasteiger charge is -2.27. The van der Waals surface area contributed by atoms with Crippen LogP contribution in [-0.4, -0.2) is 17.7 Å². The second kappa shape index (κ2) is 6.10. The zero-order valence-electron chi connectivity index (χ0n) is 12.4. The topological polar surface area (TPSA) is 43.4 Å². The van der Waals surface area contributed by atoms with E-state index in [-0.39, 0.29) is 42.5 Å². The number of benzene rings is 1. The van der Waals surface area contributed by atoms with Crippen LogP contribution in [0.5, 0.6) is 5.75 Å². The zero-order chi connectivity index (χ0) is 16.5. The van der Waals surface area contributed by atoms with Crippen molar-refractivity contribution in [3.63, 3.8) is 0 Å². The van der Waals surface area contributed by atoms with Gasteiger partial charge in [0.25, 0.3) is 0 Å². The van der Waals surface area contributed by atoms with Crippen molar-refractivity contribution in [3.8, 4) is 5.75 Å². The van der Waals surface area contributed by atoms with Crippen LogP contribution in [0.25, 0.3) is 0 Å². The minimum atomic E-state index is -4.44. The van der Waals surface area contributed by atoms with Gasteiger partial charge >= 0.3 is 6.18 Å². The Morgan fingerprint density at radius 2 is 1.73 bits per heavy atom. The van der Waals surface area contributed by atoms with Gasteiger partial charge in [0.15, 0.2) is 0 Å². The number of hydrogen-bond acceptors (Lipinski definition) is 3. The van der Waals surface area contributed by atoms with Gasteiger partial charge in [-0.1, -0.05) is 0 Å². The molecular formula is C16H17F3O3. The van der Waals surface area contributed by atoms with Gasteiger partial charge in [-0.2, -0.15) is 13.2 Å². The highest BCUT2D eigenvalue weighted by Crippen LogP contribution is 2.33. The van der Waals surface area contributed by atoms with Crippen molar-refractivity contribution >= 4 is 11.6 Å². The van der Waals surface area contributed by atoms with Crippen LogP contribution < -0.4 is 4.74 Å². The summed E-state index contributed by atoms with van der Waals surface area (Å²) < 4.78 is 44.0. The van der Waals surface area contributed by atoms with Crippen LogP contribution in [0.2, 0.25) is 0 Å². The molecule has 1 atom stereocenters. The van der Waals surface area contributed by atoms with Crippen LogP contribution in [0, 0.1) is 12.8 Å². The van der Waals surface area contributed by atoms with Crippen molar-refractivity contribution in [2.45, 2.75) is 45.4 Å². The summed E-state index contributed by atoms with van der Waals surface area (Å²) in [6.45, 7) is 3.23. The van der Waals surface area contributed by atoms with E-state index in [0.717, 1.165) is 12.1 Å². The molecule has 1 fully saturated rings. The number of hydrogen-bond donors (Lipinski definition) is 0. The van der Waals surface area contributed by atoms with E-state index in [9.17, 15) is 22.8 Å². The molecule has 1 aromatic rings. The summed E-state index contributed by atoms with van der Waals surface area (Å²) in [7, 11) is 0. The molecule has 1 aromatic carbocycles. The first-order valence-electron chi connectivity index (χ1n) is 7.04. The van der Waals surface area contributed by atoms with Gasteiger partial charge in [0.2, 0.25) is 0 Å². The van der Waals surface area contributed by atoms with Gasteiger partial charge in [0.05, 0.1) is 18.1 Å². The minimum Gasteiger partial charge on any atom is -0.490 e. The SMILES string of the molecule is Cc1cc(O[C@H](C)C2CC(=O)CC(=O)C2)cc(C(F)(F)F)c1. The molecule has 6 heteroatoms. The molecule has 3 nitrogen and oxygen atoms in total. The Morgan fingerprint density at radius 3 is 2.27 bits per heavy atom. The average Bonchev–Trinajstić information content (AvgIpc) is 2.35. The molecule has 22 heavy (non-hydrogen) atoms. The Bertz CT molecular complexity index is 577. The summed E-state index contributed by atoms with van der Waals surface area (Å²) in [5.74, 6) is -0.470. The monoisotopic (exact) mass is 314 g/mol. The first-order valence-corrected chi connectivity index (χ1v) is 7.04. The molecule has 0 amide bonds. The molecule has 0 aromatic heterocycles. The first-order chi connectivity index (χ1) is 10.1. The predicted octanol–water partition coefficient (Wildman–Crippen LogP) is 3.72. The van der Waals surface area contributed by atoms with Crippen LogP contribution in [-0.2, 0) is 15.8 Å². The number of ketones is 2. The highest BCUT2D eigenvalue weighted by atomic mass is 19.4. The highest BCUT2D eigenvalue weighted by molar-refractivity contribution is 6.01. The van der Waals surface area contributed by atoms with Gasteiger partial charge in [-0.3, -0.25) is 9.59 Å². The van der Waals surface area contributed by atoms with Crippen molar-refractivity contribution < 1.29 is 27.5 Å². The zero-order valence-corrected chi connectivity index (χ0v) is 12.4. The molecule has 0 bridgehead atoms. The molecule has 1 aliphatic rings. The summed E-state index contributed by atoms with van der Waals surface area (Å²) in [6, 6.07) is 3.50. The van der Waals surface area contributed by atoms with E-state index in [1.54, 1.807) is 13.8 Å². The van der Waals surface area contributed by atoms with Crippen LogP contribution in [0.4, 0.5) is 13.2 Å². The lowest BCUT2D eigenvalue weighted by Crippen LogP contribution is -2.33.